The molecule has 0 saturated carbocycles. The van der Waals surface area contributed by atoms with Crippen molar-refractivity contribution in [3.05, 3.63) is 36.0 Å². The summed E-state index contributed by atoms with van der Waals surface area (Å²) in [6.07, 6.45) is 3.79. The molecule has 0 radical (unpaired) electrons. The molecule has 4 nitrogen and oxygen atoms in total. The number of para-hydroxylation sites is 1. The standard InChI is InChI=1S/C11H14N2O2S/c1-16(14,15)13-7-6-9-8-12-11-5-3-2-4-10(9)11/h2-5,8,12-13H,6-7H2,1H3. The third-order valence-electron chi connectivity index (χ3n) is 2.43. The SMILES string of the molecule is CS(=O)(=O)NCCc1c[nH]c2ccccc12. The van der Waals surface area contributed by atoms with Gasteiger partial charge in [0.25, 0.3) is 0 Å². The molecule has 16 heavy (non-hydrogen) atoms. The van der Waals surface area contributed by atoms with E-state index in [1.54, 1.807) is 0 Å². The summed E-state index contributed by atoms with van der Waals surface area (Å²) in [5.41, 5.74) is 2.21. The molecule has 5 heteroatoms. The number of rotatable bonds is 4. The molecule has 0 atom stereocenters. The summed E-state index contributed by atoms with van der Waals surface area (Å²) >= 11 is 0. The van der Waals surface area contributed by atoms with E-state index in [-0.39, 0.29) is 0 Å². The van der Waals surface area contributed by atoms with Crippen LogP contribution in [0.4, 0.5) is 0 Å². The molecule has 1 aromatic heterocycles. The maximum Gasteiger partial charge on any atom is 0.208 e. The van der Waals surface area contributed by atoms with Crippen molar-refractivity contribution in [3.63, 3.8) is 0 Å². The molecule has 1 aromatic carbocycles. The zero-order valence-electron chi connectivity index (χ0n) is 9.03. The van der Waals surface area contributed by atoms with Gasteiger partial charge in [-0.15, -0.1) is 0 Å². The lowest BCUT2D eigenvalue weighted by Gasteiger charge is -2.01. The molecule has 86 valence electrons. The van der Waals surface area contributed by atoms with E-state index < -0.39 is 10.0 Å². The summed E-state index contributed by atoms with van der Waals surface area (Å²) in [4.78, 5) is 3.16. The Balaban J connectivity index is 2.10. The van der Waals surface area contributed by atoms with Crippen molar-refractivity contribution >= 4 is 20.9 Å². The van der Waals surface area contributed by atoms with Crippen LogP contribution in [0.25, 0.3) is 10.9 Å². The Morgan fingerprint density at radius 2 is 2.06 bits per heavy atom. The first-order chi connectivity index (χ1) is 7.56. The van der Waals surface area contributed by atoms with Gasteiger partial charge >= 0.3 is 0 Å². The minimum atomic E-state index is -3.09. The van der Waals surface area contributed by atoms with E-state index in [0.717, 1.165) is 16.5 Å². The van der Waals surface area contributed by atoms with Crippen LogP contribution in [-0.4, -0.2) is 26.2 Å². The topological polar surface area (TPSA) is 62.0 Å². The number of aromatic amines is 1. The Bertz CT molecular complexity index is 587. The molecule has 0 spiro atoms. The summed E-state index contributed by atoms with van der Waals surface area (Å²) < 4.78 is 24.3. The summed E-state index contributed by atoms with van der Waals surface area (Å²) in [6.45, 7) is 0.431. The van der Waals surface area contributed by atoms with Crippen molar-refractivity contribution in [3.8, 4) is 0 Å². The predicted octanol–water partition coefficient (Wildman–Crippen LogP) is 1.26. The minimum absolute atomic E-state index is 0.431. The smallest absolute Gasteiger partial charge is 0.208 e. The first kappa shape index (κ1) is 11.2. The molecule has 0 bridgehead atoms. The Morgan fingerprint density at radius 3 is 2.81 bits per heavy atom. The van der Waals surface area contributed by atoms with Crippen LogP contribution in [0, 0.1) is 0 Å². The third kappa shape index (κ3) is 2.62. The van der Waals surface area contributed by atoms with Gasteiger partial charge < -0.3 is 4.98 Å². The zero-order valence-corrected chi connectivity index (χ0v) is 9.84. The molecule has 0 unspecified atom stereocenters. The van der Waals surface area contributed by atoms with Gasteiger partial charge in [0.2, 0.25) is 10.0 Å². The Labute approximate surface area is 94.7 Å². The molecule has 0 aliphatic carbocycles. The highest BCUT2D eigenvalue weighted by Crippen LogP contribution is 2.17. The van der Waals surface area contributed by atoms with E-state index in [1.165, 1.54) is 6.26 Å². The molecule has 0 saturated heterocycles. The number of benzene rings is 1. The van der Waals surface area contributed by atoms with Gasteiger partial charge in [0.15, 0.2) is 0 Å². The van der Waals surface area contributed by atoms with Crippen molar-refractivity contribution in [1.82, 2.24) is 9.71 Å². The van der Waals surface area contributed by atoms with Crippen molar-refractivity contribution < 1.29 is 8.42 Å². The van der Waals surface area contributed by atoms with Crippen LogP contribution in [0.3, 0.4) is 0 Å². The summed E-state index contributed by atoms with van der Waals surface area (Å²) in [5.74, 6) is 0. The van der Waals surface area contributed by atoms with Crippen LogP contribution in [0.1, 0.15) is 5.56 Å². The molecule has 0 aliphatic heterocycles. The number of hydrogen-bond acceptors (Lipinski definition) is 2. The van der Waals surface area contributed by atoms with Crippen molar-refractivity contribution in [2.45, 2.75) is 6.42 Å². The molecule has 0 amide bonds. The molecule has 0 aliphatic rings. The lowest BCUT2D eigenvalue weighted by Crippen LogP contribution is -2.24. The van der Waals surface area contributed by atoms with Crippen LogP contribution in [0.5, 0.6) is 0 Å². The lowest BCUT2D eigenvalue weighted by atomic mass is 10.1. The number of nitrogens with one attached hydrogen (secondary N) is 2. The maximum atomic E-state index is 10.9. The zero-order chi connectivity index (χ0) is 11.6. The number of aromatic nitrogens is 1. The molecule has 2 aromatic rings. The first-order valence-corrected chi connectivity index (χ1v) is 6.95. The van der Waals surface area contributed by atoms with Crippen LogP contribution in [0.15, 0.2) is 30.5 Å². The van der Waals surface area contributed by atoms with E-state index in [4.69, 9.17) is 0 Å². The van der Waals surface area contributed by atoms with Gasteiger partial charge in [-0.05, 0) is 18.1 Å². The van der Waals surface area contributed by atoms with Crippen molar-refractivity contribution in [1.29, 1.82) is 0 Å². The van der Waals surface area contributed by atoms with Gasteiger partial charge in [0.1, 0.15) is 0 Å². The quantitative estimate of drug-likeness (QED) is 0.842. The van der Waals surface area contributed by atoms with Gasteiger partial charge in [0.05, 0.1) is 6.26 Å². The number of fused-ring (bicyclic) bond motifs is 1. The van der Waals surface area contributed by atoms with Crippen molar-refractivity contribution in [2.75, 3.05) is 12.8 Å². The Morgan fingerprint density at radius 1 is 1.31 bits per heavy atom. The van der Waals surface area contributed by atoms with Crippen LogP contribution >= 0.6 is 0 Å². The molecule has 2 rings (SSSR count). The second-order valence-electron chi connectivity index (χ2n) is 3.78. The summed E-state index contributed by atoms with van der Waals surface area (Å²) in [7, 11) is -3.09. The average Bonchev–Trinajstić information content (AvgIpc) is 2.60. The van der Waals surface area contributed by atoms with Gasteiger partial charge in [-0.3, -0.25) is 0 Å². The first-order valence-electron chi connectivity index (χ1n) is 5.06. The second kappa shape index (κ2) is 4.27. The molecule has 0 fully saturated rings. The summed E-state index contributed by atoms with van der Waals surface area (Å²) in [6, 6.07) is 7.98. The number of hydrogen-bond donors (Lipinski definition) is 2. The molecular formula is C11H14N2O2S. The largest absolute Gasteiger partial charge is 0.361 e. The normalized spacial score (nSPS) is 12.1. The van der Waals surface area contributed by atoms with Crippen LogP contribution < -0.4 is 4.72 Å². The Kier molecular flexibility index (Phi) is 2.98. The molecular weight excluding hydrogens is 224 g/mol. The third-order valence-corrected chi connectivity index (χ3v) is 3.16. The summed E-state index contributed by atoms with van der Waals surface area (Å²) in [5, 5.41) is 1.15. The van der Waals surface area contributed by atoms with Gasteiger partial charge in [0, 0.05) is 23.6 Å². The van der Waals surface area contributed by atoms with Gasteiger partial charge in [-0.2, -0.15) is 0 Å². The fourth-order valence-electron chi connectivity index (χ4n) is 1.71. The fourth-order valence-corrected chi connectivity index (χ4v) is 2.18. The lowest BCUT2D eigenvalue weighted by molar-refractivity contribution is 0.588. The van der Waals surface area contributed by atoms with Crippen LogP contribution in [0.2, 0.25) is 0 Å². The maximum absolute atomic E-state index is 10.9. The van der Waals surface area contributed by atoms with Crippen molar-refractivity contribution in [2.24, 2.45) is 0 Å². The highest BCUT2D eigenvalue weighted by molar-refractivity contribution is 7.88. The van der Waals surface area contributed by atoms with E-state index in [9.17, 15) is 8.42 Å². The monoisotopic (exact) mass is 238 g/mol. The molecule has 1 heterocycles. The second-order valence-corrected chi connectivity index (χ2v) is 5.61. The molecule has 2 N–H and O–H groups in total. The number of H-pyrrole nitrogens is 1. The van der Waals surface area contributed by atoms with E-state index in [1.807, 2.05) is 30.5 Å². The fraction of sp³-hybridized carbons (Fsp3) is 0.273. The van der Waals surface area contributed by atoms with E-state index >= 15 is 0 Å². The van der Waals surface area contributed by atoms with Crippen LogP contribution in [-0.2, 0) is 16.4 Å². The number of sulfonamides is 1. The van der Waals surface area contributed by atoms with E-state index in [2.05, 4.69) is 9.71 Å². The Hall–Kier alpha value is -1.33. The van der Waals surface area contributed by atoms with Gasteiger partial charge in [-0.1, -0.05) is 18.2 Å². The highest BCUT2D eigenvalue weighted by atomic mass is 32.2. The van der Waals surface area contributed by atoms with Gasteiger partial charge in [-0.25, -0.2) is 13.1 Å². The predicted molar refractivity (Wildman–Crippen MR) is 64.8 cm³/mol. The highest BCUT2D eigenvalue weighted by Gasteiger charge is 2.04. The minimum Gasteiger partial charge on any atom is -0.361 e. The van der Waals surface area contributed by atoms with E-state index in [0.29, 0.717) is 13.0 Å². The average molecular weight is 238 g/mol.